The summed E-state index contributed by atoms with van der Waals surface area (Å²) in [5, 5.41) is 0. The lowest BCUT2D eigenvalue weighted by Crippen LogP contribution is -2.55. The summed E-state index contributed by atoms with van der Waals surface area (Å²) in [5.74, 6) is -1.53. The molecule has 0 radical (unpaired) electrons. The highest BCUT2D eigenvalue weighted by atomic mass is 16.8. The maximum Gasteiger partial charge on any atom is 0.308 e. The average Bonchev–Trinajstić information content (AvgIpc) is 3.14. The summed E-state index contributed by atoms with van der Waals surface area (Å²) in [6, 6.07) is 9.88. The quantitative estimate of drug-likeness (QED) is 0.641. The molecule has 0 bridgehead atoms. The number of ether oxygens (including phenoxy) is 6. The number of esters is 1. The topological polar surface area (TPSA) is 72.5 Å². The van der Waals surface area contributed by atoms with Gasteiger partial charge in [-0.25, -0.2) is 0 Å². The fourth-order valence-electron chi connectivity index (χ4n) is 3.91. The Morgan fingerprint density at radius 1 is 1.19 bits per heavy atom. The summed E-state index contributed by atoms with van der Waals surface area (Å²) < 4.78 is 34.6. The molecule has 2 saturated heterocycles. The van der Waals surface area contributed by atoms with Crippen LogP contribution >= 0.6 is 0 Å². The minimum atomic E-state index is -0.929. The molecule has 0 aliphatic carbocycles. The maximum absolute atomic E-state index is 12.0. The number of rotatable bonds is 8. The van der Waals surface area contributed by atoms with E-state index in [1.807, 2.05) is 44.2 Å². The Balaban J connectivity index is 1.85. The molecule has 0 saturated carbocycles. The standard InChI is InChI=1S/C20H28O7/c1-19(2)26-16(12-22-3)20(27-19,15-10-17(21)25-18(15)23-4)13-24-11-14-8-6-5-7-9-14/h5-9,15-16,18H,10-13H2,1-4H3/t15-,16+,18-,20-/m1/s1. The van der Waals surface area contributed by atoms with Gasteiger partial charge < -0.3 is 28.4 Å². The van der Waals surface area contributed by atoms with Crippen LogP contribution in [0.1, 0.15) is 25.8 Å². The number of carbonyl (C=O) groups excluding carboxylic acids is 1. The third kappa shape index (κ3) is 4.33. The molecule has 3 rings (SSSR count). The number of carbonyl (C=O) groups is 1. The molecule has 7 nitrogen and oxygen atoms in total. The van der Waals surface area contributed by atoms with Crippen LogP contribution in [0.25, 0.3) is 0 Å². The van der Waals surface area contributed by atoms with Crippen LogP contribution < -0.4 is 0 Å². The van der Waals surface area contributed by atoms with Crippen molar-refractivity contribution in [2.45, 2.75) is 50.7 Å². The molecular weight excluding hydrogens is 352 g/mol. The zero-order valence-electron chi connectivity index (χ0n) is 16.3. The molecule has 0 N–H and O–H groups in total. The van der Waals surface area contributed by atoms with E-state index in [0.717, 1.165) is 5.56 Å². The Kier molecular flexibility index (Phi) is 6.18. The Labute approximate surface area is 159 Å². The molecule has 0 aromatic heterocycles. The molecule has 4 atom stereocenters. The van der Waals surface area contributed by atoms with Gasteiger partial charge in [-0.3, -0.25) is 4.79 Å². The third-order valence-corrected chi connectivity index (χ3v) is 4.99. The van der Waals surface area contributed by atoms with E-state index in [0.29, 0.717) is 13.2 Å². The van der Waals surface area contributed by atoms with Gasteiger partial charge in [0.2, 0.25) is 6.29 Å². The van der Waals surface area contributed by atoms with E-state index in [9.17, 15) is 4.79 Å². The van der Waals surface area contributed by atoms with E-state index in [2.05, 4.69) is 0 Å². The van der Waals surface area contributed by atoms with E-state index in [4.69, 9.17) is 28.4 Å². The SMILES string of the molecule is COC[C@@H]1OC(C)(C)O[C@]1(COCc1ccccc1)[C@@H]1CC(=O)O[C@H]1OC. The van der Waals surface area contributed by atoms with Gasteiger partial charge in [-0.05, 0) is 19.4 Å². The highest BCUT2D eigenvalue weighted by molar-refractivity contribution is 5.72. The second-order valence-corrected chi connectivity index (χ2v) is 7.40. The smallest absolute Gasteiger partial charge is 0.308 e. The molecule has 150 valence electrons. The van der Waals surface area contributed by atoms with Gasteiger partial charge in [0.1, 0.15) is 11.7 Å². The van der Waals surface area contributed by atoms with Gasteiger partial charge in [0.05, 0.1) is 32.2 Å². The number of cyclic esters (lactones) is 1. The second kappa shape index (κ2) is 8.24. The summed E-state index contributed by atoms with van der Waals surface area (Å²) in [6.45, 7) is 4.63. The highest BCUT2D eigenvalue weighted by Gasteiger charge is 2.62. The monoisotopic (exact) mass is 380 g/mol. The summed E-state index contributed by atoms with van der Waals surface area (Å²) in [4.78, 5) is 12.0. The van der Waals surface area contributed by atoms with Gasteiger partial charge in [0, 0.05) is 14.2 Å². The van der Waals surface area contributed by atoms with E-state index in [1.54, 1.807) is 7.11 Å². The van der Waals surface area contributed by atoms with Crippen molar-refractivity contribution in [1.82, 2.24) is 0 Å². The van der Waals surface area contributed by atoms with Crippen LogP contribution in [0.5, 0.6) is 0 Å². The largest absolute Gasteiger partial charge is 0.435 e. The van der Waals surface area contributed by atoms with Crippen LogP contribution in [0.3, 0.4) is 0 Å². The zero-order chi connectivity index (χ0) is 19.5. The normalized spacial score (nSPS) is 32.6. The van der Waals surface area contributed by atoms with Gasteiger partial charge in [0.25, 0.3) is 0 Å². The van der Waals surface area contributed by atoms with Crippen molar-refractivity contribution in [1.29, 1.82) is 0 Å². The Bertz CT molecular complexity index is 632. The first-order valence-electron chi connectivity index (χ1n) is 9.11. The average molecular weight is 380 g/mol. The van der Waals surface area contributed by atoms with Crippen molar-refractivity contribution in [3.63, 3.8) is 0 Å². The summed E-state index contributed by atoms with van der Waals surface area (Å²) in [7, 11) is 3.12. The second-order valence-electron chi connectivity index (χ2n) is 7.40. The molecule has 2 aliphatic rings. The van der Waals surface area contributed by atoms with Crippen LogP contribution in [0, 0.1) is 5.92 Å². The molecule has 2 fully saturated rings. The first-order chi connectivity index (χ1) is 12.9. The van der Waals surface area contributed by atoms with Crippen molar-refractivity contribution >= 4 is 5.97 Å². The molecule has 0 spiro atoms. The molecule has 1 aromatic rings. The predicted octanol–water partition coefficient (Wildman–Crippen LogP) is 2.28. The lowest BCUT2D eigenvalue weighted by molar-refractivity contribution is -0.216. The molecule has 0 amide bonds. The number of methoxy groups -OCH3 is 2. The fraction of sp³-hybridized carbons (Fsp3) is 0.650. The van der Waals surface area contributed by atoms with Crippen LogP contribution in [0.2, 0.25) is 0 Å². The molecule has 0 unspecified atom stereocenters. The van der Waals surface area contributed by atoms with Crippen molar-refractivity contribution in [2.75, 3.05) is 27.4 Å². The van der Waals surface area contributed by atoms with Crippen molar-refractivity contribution in [2.24, 2.45) is 5.92 Å². The van der Waals surface area contributed by atoms with Crippen molar-refractivity contribution in [3.8, 4) is 0 Å². The summed E-state index contributed by atoms with van der Waals surface area (Å²) in [6.07, 6.45) is -0.965. The number of hydrogen-bond donors (Lipinski definition) is 0. The molecular formula is C20H28O7. The lowest BCUT2D eigenvalue weighted by atomic mass is 9.81. The van der Waals surface area contributed by atoms with E-state index in [1.165, 1.54) is 7.11 Å². The molecule has 7 heteroatoms. The Morgan fingerprint density at radius 2 is 1.93 bits per heavy atom. The zero-order valence-corrected chi connectivity index (χ0v) is 16.3. The third-order valence-electron chi connectivity index (χ3n) is 4.99. The van der Waals surface area contributed by atoms with Crippen LogP contribution in [0.15, 0.2) is 30.3 Å². The summed E-state index contributed by atoms with van der Waals surface area (Å²) >= 11 is 0. The lowest BCUT2D eigenvalue weighted by Gasteiger charge is -2.38. The van der Waals surface area contributed by atoms with Crippen molar-refractivity contribution in [3.05, 3.63) is 35.9 Å². The molecule has 2 heterocycles. The van der Waals surface area contributed by atoms with E-state index in [-0.39, 0.29) is 24.9 Å². The predicted molar refractivity (Wildman–Crippen MR) is 95.7 cm³/mol. The van der Waals surface area contributed by atoms with Crippen LogP contribution in [0.4, 0.5) is 0 Å². The van der Waals surface area contributed by atoms with Gasteiger partial charge in [-0.1, -0.05) is 30.3 Å². The molecule has 1 aromatic carbocycles. The van der Waals surface area contributed by atoms with Gasteiger partial charge in [-0.2, -0.15) is 0 Å². The summed E-state index contributed by atoms with van der Waals surface area (Å²) in [5.41, 5.74) is 0.123. The van der Waals surface area contributed by atoms with Gasteiger partial charge in [0.15, 0.2) is 5.79 Å². The molecule has 2 aliphatic heterocycles. The highest BCUT2D eigenvalue weighted by Crippen LogP contribution is 2.47. The minimum absolute atomic E-state index is 0.173. The van der Waals surface area contributed by atoms with E-state index >= 15 is 0 Å². The Morgan fingerprint density at radius 3 is 2.59 bits per heavy atom. The first kappa shape index (κ1) is 20.2. The minimum Gasteiger partial charge on any atom is -0.435 e. The molecule has 27 heavy (non-hydrogen) atoms. The van der Waals surface area contributed by atoms with Crippen LogP contribution in [-0.2, 0) is 39.8 Å². The Hall–Kier alpha value is -1.51. The maximum atomic E-state index is 12.0. The first-order valence-corrected chi connectivity index (χ1v) is 9.11. The van der Waals surface area contributed by atoms with Gasteiger partial charge >= 0.3 is 5.97 Å². The van der Waals surface area contributed by atoms with E-state index < -0.39 is 23.8 Å². The van der Waals surface area contributed by atoms with Crippen LogP contribution in [-0.4, -0.2) is 57.2 Å². The number of hydrogen-bond acceptors (Lipinski definition) is 7. The number of benzene rings is 1. The van der Waals surface area contributed by atoms with Gasteiger partial charge in [-0.15, -0.1) is 0 Å². The van der Waals surface area contributed by atoms with Crippen molar-refractivity contribution < 1.29 is 33.2 Å². The fourth-order valence-corrected chi connectivity index (χ4v) is 3.91.